The van der Waals surface area contributed by atoms with Crippen LogP contribution >= 0.6 is 0 Å². The van der Waals surface area contributed by atoms with E-state index in [1.54, 1.807) is 0 Å². The van der Waals surface area contributed by atoms with Crippen molar-refractivity contribution in [1.82, 2.24) is 9.97 Å². The van der Waals surface area contributed by atoms with E-state index in [1.165, 1.54) is 128 Å². The van der Waals surface area contributed by atoms with Gasteiger partial charge in [0.25, 0.3) is 0 Å². The van der Waals surface area contributed by atoms with E-state index in [0.717, 1.165) is 27.9 Å². The van der Waals surface area contributed by atoms with Gasteiger partial charge in [-0.25, -0.2) is 4.98 Å². The highest BCUT2D eigenvalue weighted by atomic mass is 15.2. The normalized spacial score (nSPS) is 16.1. The van der Waals surface area contributed by atoms with Crippen LogP contribution < -0.4 is 9.80 Å². The SMILES string of the molecule is CC1(C)c2cc(/C=C/c3cnc4cc(-c5ccc6c(c5)C(C)(C)c5cc7c(cc5-6)C(C)(C)c5ccccc5N7c5ccc6ccccc6c5)ccc4n3)ccc2-c2cc3c(cc21)N(c1ccc2ccccc2c1)c1ccccc1C3(C)C. The second-order valence-corrected chi connectivity index (χ2v) is 25.5. The van der Waals surface area contributed by atoms with E-state index in [4.69, 9.17) is 9.97 Å². The Morgan fingerprint density at radius 3 is 1.35 bits per heavy atom. The maximum atomic E-state index is 5.14. The zero-order valence-corrected chi connectivity index (χ0v) is 47.7. The highest BCUT2D eigenvalue weighted by Crippen LogP contribution is 2.60. The fourth-order valence-electron chi connectivity index (χ4n) is 14.8. The lowest BCUT2D eigenvalue weighted by Gasteiger charge is -2.43. The Morgan fingerprint density at radius 1 is 0.317 bits per heavy atom. The highest BCUT2D eigenvalue weighted by molar-refractivity contribution is 5.98. The largest absolute Gasteiger partial charge is 0.310 e. The van der Waals surface area contributed by atoms with Crippen LogP contribution in [0.3, 0.4) is 0 Å². The molecule has 4 heteroatoms. The predicted octanol–water partition coefficient (Wildman–Crippen LogP) is 20.6. The number of fused-ring (bicyclic) bond motifs is 13. The Balaban J connectivity index is 0.694. The van der Waals surface area contributed by atoms with Gasteiger partial charge in [0.1, 0.15) is 0 Å². The van der Waals surface area contributed by atoms with Crippen molar-refractivity contribution >= 4 is 78.9 Å². The Bertz CT molecular complexity index is 4780. The summed E-state index contributed by atoms with van der Waals surface area (Å²) in [4.78, 5) is 15.2. The van der Waals surface area contributed by atoms with Gasteiger partial charge in [-0.2, -0.15) is 0 Å². The number of nitrogens with zero attached hydrogens (tertiary/aromatic N) is 4. The van der Waals surface area contributed by atoms with Gasteiger partial charge in [-0.15, -0.1) is 0 Å². The molecular weight excluding hydrogens is 993 g/mol. The molecule has 0 bridgehead atoms. The molecule has 11 aromatic carbocycles. The van der Waals surface area contributed by atoms with Gasteiger partial charge < -0.3 is 9.80 Å². The molecular formula is C78H62N4. The quantitative estimate of drug-likeness (QED) is 0.172. The van der Waals surface area contributed by atoms with Crippen LogP contribution in [-0.2, 0) is 21.7 Å². The topological polar surface area (TPSA) is 32.3 Å². The first kappa shape index (κ1) is 48.5. The first-order valence-corrected chi connectivity index (χ1v) is 29.0. The first-order valence-electron chi connectivity index (χ1n) is 29.0. The zero-order chi connectivity index (χ0) is 55.6. The summed E-state index contributed by atoms with van der Waals surface area (Å²) in [5, 5.41) is 4.98. The van der Waals surface area contributed by atoms with Gasteiger partial charge in [-0.05, 0) is 190 Å². The molecule has 0 radical (unpaired) electrons. The maximum absolute atomic E-state index is 5.14. The minimum atomic E-state index is -0.229. The predicted molar refractivity (Wildman–Crippen MR) is 344 cm³/mol. The second-order valence-electron chi connectivity index (χ2n) is 25.5. The van der Waals surface area contributed by atoms with Crippen LogP contribution in [-0.4, -0.2) is 9.97 Å². The molecule has 394 valence electrons. The summed E-state index contributed by atoms with van der Waals surface area (Å²) in [6.07, 6.45) is 6.21. The van der Waals surface area contributed by atoms with Crippen molar-refractivity contribution in [1.29, 1.82) is 0 Å². The molecule has 12 aromatic rings. The Labute approximate surface area is 480 Å². The summed E-state index contributed by atoms with van der Waals surface area (Å²) in [5.74, 6) is 0. The van der Waals surface area contributed by atoms with Crippen LogP contribution in [0.25, 0.3) is 78.1 Å². The highest BCUT2D eigenvalue weighted by Gasteiger charge is 2.44. The second kappa shape index (κ2) is 17.1. The number of anilines is 6. The third-order valence-corrected chi connectivity index (χ3v) is 19.4. The summed E-state index contributed by atoms with van der Waals surface area (Å²) >= 11 is 0. The lowest BCUT2D eigenvalue weighted by molar-refractivity contribution is 0.627. The van der Waals surface area contributed by atoms with Gasteiger partial charge in [-0.1, -0.05) is 195 Å². The molecule has 0 spiro atoms. The van der Waals surface area contributed by atoms with Crippen LogP contribution in [0, 0.1) is 0 Å². The fourth-order valence-corrected chi connectivity index (χ4v) is 14.8. The smallest absolute Gasteiger partial charge is 0.0894 e. The summed E-state index contributed by atoms with van der Waals surface area (Å²) in [5.41, 5.74) is 28.6. The Morgan fingerprint density at radius 2 is 0.780 bits per heavy atom. The lowest BCUT2D eigenvalue weighted by atomic mass is 9.71. The van der Waals surface area contributed by atoms with Crippen LogP contribution in [0.5, 0.6) is 0 Å². The first-order chi connectivity index (χ1) is 39.6. The van der Waals surface area contributed by atoms with Crippen molar-refractivity contribution in [3.8, 4) is 33.4 Å². The average molecular weight is 1060 g/mol. The molecule has 16 rings (SSSR count). The molecule has 4 aliphatic rings. The zero-order valence-electron chi connectivity index (χ0n) is 47.7. The molecule has 0 N–H and O–H groups in total. The van der Waals surface area contributed by atoms with Crippen molar-refractivity contribution < 1.29 is 0 Å². The lowest BCUT2D eigenvalue weighted by Crippen LogP contribution is -2.31. The van der Waals surface area contributed by atoms with Gasteiger partial charge in [-0.3, -0.25) is 4.98 Å². The number of hydrogen-bond acceptors (Lipinski definition) is 4. The Hall–Kier alpha value is -9.38. The van der Waals surface area contributed by atoms with Crippen molar-refractivity contribution in [2.75, 3.05) is 9.80 Å². The van der Waals surface area contributed by atoms with Gasteiger partial charge in [0, 0.05) is 33.0 Å². The van der Waals surface area contributed by atoms with Gasteiger partial charge in [0.15, 0.2) is 0 Å². The molecule has 3 heterocycles. The van der Waals surface area contributed by atoms with Gasteiger partial charge in [0.05, 0.1) is 45.7 Å². The van der Waals surface area contributed by atoms with Crippen molar-refractivity contribution in [3.63, 3.8) is 0 Å². The molecule has 2 aliphatic heterocycles. The number of aromatic nitrogens is 2. The van der Waals surface area contributed by atoms with Crippen molar-refractivity contribution in [2.24, 2.45) is 0 Å². The summed E-state index contributed by atoms with van der Waals surface area (Å²) in [7, 11) is 0. The van der Waals surface area contributed by atoms with Crippen LogP contribution in [0.2, 0.25) is 0 Å². The number of rotatable bonds is 5. The van der Waals surface area contributed by atoms with Gasteiger partial charge >= 0.3 is 0 Å². The van der Waals surface area contributed by atoms with E-state index < -0.39 is 0 Å². The van der Waals surface area contributed by atoms with E-state index in [-0.39, 0.29) is 21.7 Å². The fraction of sp³-hybridized carbons (Fsp3) is 0.154. The summed E-state index contributed by atoms with van der Waals surface area (Å²) in [6.45, 7) is 19.1. The molecule has 0 amide bonds. The van der Waals surface area contributed by atoms with E-state index >= 15 is 0 Å². The minimum Gasteiger partial charge on any atom is -0.310 e. The molecule has 0 saturated carbocycles. The molecule has 0 fully saturated rings. The molecule has 82 heavy (non-hydrogen) atoms. The summed E-state index contributed by atoms with van der Waals surface area (Å²) < 4.78 is 0. The van der Waals surface area contributed by atoms with Crippen molar-refractivity contribution in [2.45, 2.75) is 77.0 Å². The van der Waals surface area contributed by atoms with E-state index in [2.05, 4.69) is 290 Å². The summed E-state index contributed by atoms with van der Waals surface area (Å²) in [6, 6.07) is 79.6. The van der Waals surface area contributed by atoms with E-state index in [1.807, 2.05) is 6.20 Å². The minimum absolute atomic E-state index is 0.199. The third-order valence-electron chi connectivity index (χ3n) is 19.4. The molecule has 2 aliphatic carbocycles. The number of benzene rings is 11. The van der Waals surface area contributed by atoms with Crippen LogP contribution in [0.15, 0.2) is 219 Å². The van der Waals surface area contributed by atoms with Crippen molar-refractivity contribution in [3.05, 3.63) is 274 Å². The molecule has 0 unspecified atom stereocenters. The molecule has 4 nitrogen and oxygen atoms in total. The monoisotopic (exact) mass is 1050 g/mol. The number of hydrogen-bond donors (Lipinski definition) is 0. The third kappa shape index (κ3) is 6.97. The van der Waals surface area contributed by atoms with Gasteiger partial charge in [0.2, 0.25) is 0 Å². The molecule has 0 saturated heterocycles. The molecule has 1 aromatic heterocycles. The van der Waals surface area contributed by atoms with Crippen LogP contribution in [0.4, 0.5) is 34.1 Å². The maximum Gasteiger partial charge on any atom is 0.0894 e. The van der Waals surface area contributed by atoms with E-state index in [9.17, 15) is 0 Å². The standard InChI is InChI=1S/C78H62N4/c1-75(2)61-21-13-15-23-71(61)81(55-32-27-48-17-9-11-19-50(48)38-55)73-44-65-59(42-67(73)75)57-34-26-47(37-63(57)77(65,5)6)25-31-54-46-79-70-41-53(30-36-69(70)80-54)52-29-35-58-60-43-68-74(45-66(60)78(7,8)64(58)40-52)82(72-24-16-14-22-62(72)76(68,3)4)56-33-28-49-18-10-12-20-51(49)39-56/h9-46H,1-8H3/b31-25+. The number of para-hydroxylation sites is 2. The van der Waals surface area contributed by atoms with Crippen LogP contribution in [0.1, 0.15) is 111 Å². The Kier molecular flexibility index (Phi) is 10.1. The molecule has 0 atom stereocenters. The van der Waals surface area contributed by atoms with E-state index in [0.29, 0.717) is 0 Å². The average Bonchev–Trinajstić information content (AvgIpc) is 2.08.